The molecule has 8 aromatic rings. The first kappa shape index (κ1) is 16.6. The van der Waals surface area contributed by atoms with Crippen molar-refractivity contribution in [3.8, 4) is 50.6 Å². The van der Waals surface area contributed by atoms with Gasteiger partial charge in [0.2, 0.25) is 0 Å². The Kier molecular flexibility index (Phi) is 3.54. The maximum atomic E-state index is 9.52. The Labute approximate surface area is 254 Å². The van der Waals surface area contributed by atoms with Crippen molar-refractivity contribution in [2.45, 2.75) is 0 Å². The van der Waals surface area contributed by atoms with E-state index in [4.69, 9.17) is 14.3 Å². The molecule has 7 aromatic carbocycles. The molecule has 0 radical (unpaired) electrons. The molecule has 1 aliphatic heterocycles. The maximum Gasteiger partial charge on any atom is 0.135 e. The Bertz CT molecular complexity index is 2770. The normalized spacial score (nSPS) is 14.7. The van der Waals surface area contributed by atoms with Gasteiger partial charge in [-0.25, -0.2) is 0 Å². The first-order valence-electron chi connectivity index (χ1n) is 17.7. The van der Waals surface area contributed by atoms with Gasteiger partial charge in [-0.3, -0.25) is 0 Å². The van der Waals surface area contributed by atoms with Crippen LogP contribution in [-0.2, 0) is 0 Å². The molecule has 0 aliphatic carbocycles. The molecule has 1 aliphatic rings. The number of benzene rings is 7. The Morgan fingerprint density at radius 1 is 0.500 bits per heavy atom. The number of ether oxygens (including phenoxy) is 1. The molecule has 0 spiro atoms. The molecule has 0 unspecified atom stereocenters. The van der Waals surface area contributed by atoms with Crippen molar-refractivity contribution in [2.75, 3.05) is 0 Å². The fraction of sp³-hybridized carbons (Fsp3) is 0. The number of rotatable bonds is 3. The van der Waals surface area contributed by atoms with Crippen molar-refractivity contribution >= 4 is 32.6 Å². The topological polar surface area (TPSA) is 14.2 Å². The van der Waals surface area contributed by atoms with Gasteiger partial charge in [0.05, 0.1) is 22.0 Å². The van der Waals surface area contributed by atoms with Gasteiger partial charge < -0.3 is 9.30 Å². The summed E-state index contributed by atoms with van der Waals surface area (Å²) in [6.07, 6.45) is 0. The van der Waals surface area contributed by atoms with E-state index in [-0.39, 0.29) is 70.8 Å². The molecule has 2 heterocycles. The van der Waals surface area contributed by atoms with Gasteiger partial charge in [0.25, 0.3) is 0 Å². The van der Waals surface area contributed by atoms with E-state index in [9.17, 15) is 1.37 Å². The van der Waals surface area contributed by atoms with Crippen molar-refractivity contribution in [1.82, 2.24) is 4.57 Å². The van der Waals surface area contributed by atoms with Gasteiger partial charge >= 0.3 is 0 Å². The van der Waals surface area contributed by atoms with Gasteiger partial charge in [0, 0.05) is 27.4 Å². The van der Waals surface area contributed by atoms with E-state index >= 15 is 0 Å². The van der Waals surface area contributed by atoms with Gasteiger partial charge in [-0.05, 0) is 81.7 Å². The van der Waals surface area contributed by atoms with Crippen molar-refractivity contribution in [3.63, 3.8) is 0 Å². The van der Waals surface area contributed by atoms with Crippen LogP contribution in [0.5, 0.6) is 11.5 Å². The Balaban J connectivity index is 1.29. The molecule has 42 heavy (non-hydrogen) atoms. The number of hydrogen-bond donors (Lipinski definition) is 0. The van der Waals surface area contributed by atoms with E-state index in [1.54, 1.807) is 24.3 Å². The molecule has 0 saturated heterocycles. The zero-order valence-corrected chi connectivity index (χ0v) is 22.2. The van der Waals surface area contributed by atoms with Crippen LogP contribution in [0, 0.1) is 0 Å². The summed E-state index contributed by atoms with van der Waals surface area (Å²) in [6.45, 7) is 0. The molecular formula is C40H25NO. The summed E-state index contributed by atoms with van der Waals surface area (Å²) in [5.41, 5.74) is 5.30. The van der Waals surface area contributed by atoms with Crippen LogP contribution in [0.4, 0.5) is 0 Å². The molecule has 1 aromatic heterocycles. The third-order valence-electron chi connectivity index (χ3n) is 8.01. The maximum absolute atomic E-state index is 9.52. The van der Waals surface area contributed by atoms with Crippen LogP contribution >= 0.6 is 0 Å². The van der Waals surface area contributed by atoms with Gasteiger partial charge in [-0.1, -0.05) is 103 Å². The fourth-order valence-corrected chi connectivity index (χ4v) is 6.17. The highest BCUT2D eigenvalue weighted by molar-refractivity contribution is 6.11. The molecular weight excluding hydrogens is 510 g/mol. The first-order chi connectivity index (χ1) is 24.2. The average Bonchev–Trinajstić information content (AvgIpc) is 3.47. The highest BCUT2D eigenvalue weighted by Crippen LogP contribution is 2.48. The van der Waals surface area contributed by atoms with E-state index in [0.717, 1.165) is 27.5 Å². The van der Waals surface area contributed by atoms with Crippen LogP contribution in [0.1, 0.15) is 11.0 Å². The van der Waals surface area contributed by atoms with Crippen molar-refractivity contribution in [1.29, 1.82) is 0 Å². The highest BCUT2D eigenvalue weighted by Gasteiger charge is 2.21. The van der Waals surface area contributed by atoms with E-state index < -0.39 is 0 Å². The molecule has 0 bridgehead atoms. The van der Waals surface area contributed by atoms with Crippen molar-refractivity contribution in [2.24, 2.45) is 0 Å². The van der Waals surface area contributed by atoms with Gasteiger partial charge in [0.1, 0.15) is 11.5 Å². The number of hydrogen-bond acceptors (Lipinski definition) is 1. The number of aromatic nitrogens is 1. The summed E-state index contributed by atoms with van der Waals surface area (Å²) in [6, 6.07) is 30.7. The second-order valence-electron chi connectivity index (χ2n) is 10.3. The summed E-state index contributed by atoms with van der Waals surface area (Å²) in [7, 11) is 0. The molecule has 2 heteroatoms. The van der Waals surface area contributed by atoms with Crippen molar-refractivity contribution < 1.29 is 15.7 Å². The van der Waals surface area contributed by atoms with Crippen LogP contribution in [0.2, 0.25) is 0 Å². The third kappa shape index (κ3) is 3.39. The van der Waals surface area contributed by atoms with Crippen LogP contribution in [0.15, 0.2) is 151 Å². The lowest BCUT2D eigenvalue weighted by molar-refractivity contribution is 0.487. The number of nitrogens with zero attached hydrogens (tertiary/aromatic N) is 1. The van der Waals surface area contributed by atoms with E-state index in [0.29, 0.717) is 33.2 Å². The lowest BCUT2D eigenvalue weighted by atomic mass is 9.90. The summed E-state index contributed by atoms with van der Waals surface area (Å²) in [5.74, 6) is 0.433. The van der Waals surface area contributed by atoms with Crippen LogP contribution < -0.4 is 4.74 Å². The van der Waals surface area contributed by atoms with Gasteiger partial charge in [-0.2, -0.15) is 0 Å². The molecule has 0 saturated carbocycles. The average molecular weight is 544 g/mol. The van der Waals surface area contributed by atoms with E-state index in [1.165, 1.54) is 0 Å². The second kappa shape index (κ2) is 8.95. The van der Waals surface area contributed by atoms with E-state index in [2.05, 4.69) is 10.6 Å². The number of fused-ring (bicyclic) bond motifs is 5. The van der Waals surface area contributed by atoms with Crippen LogP contribution in [-0.4, -0.2) is 4.57 Å². The molecule has 0 amide bonds. The SMILES string of the molecule is [2H]c1c([2H])c([2H])c2c(c1[2H])Oc1ccc(-c3c([2H])c([2H])c([2H])c(-c4ccc5c(c4)c4ccccc4n5-c4ccccc4)c3[2H])c3cccc-2c13. The Hall–Kier alpha value is -5.60. The first-order valence-corrected chi connectivity index (χ1v) is 13.7. The summed E-state index contributed by atoms with van der Waals surface area (Å²) < 4.78 is 78.3. The number of para-hydroxylation sites is 3. The predicted octanol–water partition coefficient (Wildman–Crippen LogP) is 11.0. The molecule has 0 fully saturated rings. The quantitative estimate of drug-likeness (QED) is 0.216. The summed E-state index contributed by atoms with van der Waals surface area (Å²) in [4.78, 5) is 0. The Morgan fingerprint density at radius 2 is 1.31 bits per heavy atom. The highest BCUT2D eigenvalue weighted by atomic mass is 16.5. The molecule has 196 valence electrons. The molecule has 9 rings (SSSR count). The molecule has 0 atom stereocenters. The standard InChI is InChI=1S/C40H25NO/c1-2-12-29(13-3-1)41-36-18-6-4-14-31(36)35-25-27(20-22-37(35)41)26-10-8-11-28(24-26)30-21-23-39-40-33(30)16-9-17-34(40)32-15-5-7-19-38(32)42-39/h1-25H/i5D,7D,8D,10D,11D,15D,19D,24D. The second-order valence-corrected chi connectivity index (χ2v) is 10.3. The predicted molar refractivity (Wildman–Crippen MR) is 175 cm³/mol. The van der Waals surface area contributed by atoms with Crippen molar-refractivity contribution in [3.05, 3.63) is 151 Å². The minimum Gasteiger partial charge on any atom is -0.456 e. The monoisotopic (exact) mass is 543 g/mol. The summed E-state index contributed by atoms with van der Waals surface area (Å²) in [5, 5.41) is 3.13. The van der Waals surface area contributed by atoms with Crippen LogP contribution in [0.3, 0.4) is 0 Å². The fourth-order valence-electron chi connectivity index (χ4n) is 6.17. The zero-order chi connectivity index (χ0) is 34.6. The Morgan fingerprint density at radius 3 is 2.26 bits per heavy atom. The summed E-state index contributed by atoms with van der Waals surface area (Å²) >= 11 is 0. The minimum absolute atomic E-state index is 0.0458. The van der Waals surface area contributed by atoms with Gasteiger partial charge in [0.15, 0.2) is 0 Å². The largest absolute Gasteiger partial charge is 0.456 e. The van der Waals surface area contributed by atoms with Crippen LogP contribution in [0.25, 0.3) is 71.6 Å². The lowest BCUT2D eigenvalue weighted by Crippen LogP contribution is -1.97. The zero-order valence-electron chi connectivity index (χ0n) is 30.2. The van der Waals surface area contributed by atoms with E-state index in [1.807, 2.05) is 72.8 Å². The third-order valence-corrected chi connectivity index (χ3v) is 8.01. The lowest BCUT2D eigenvalue weighted by Gasteiger charge is -2.22. The smallest absolute Gasteiger partial charge is 0.135 e. The molecule has 0 N–H and O–H groups in total. The van der Waals surface area contributed by atoms with Gasteiger partial charge in [-0.15, -0.1) is 0 Å². The minimum atomic E-state index is -0.382. The molecule has 2 nitrogen and oxygen atoms in total.